The van der Waals surface area contributed by atoms with Crippen LogP contribution in [0.5, 0.6) is 0 Å². The molecule has 5 heteroatoms. The molecule has 1 aromatic heterocycles. The Labute approximate surface area is 106 Å². The number of ether oxygens (including phenoxy) is 1. The summed E-state index contributed by atoms with van der Waals surface area (Å²) >= 11 is 0. The Morgan fingerprint density at radius 2 is 2.17 bits per heavy atom. The van der Waals surface area contributed by atoms with Crippen LogP contribution < -0.4 is 0 Å². The van der Waals surface area contributed by atoms with E-state index in [1.54, 1.807) is 0 Å². The van der Waals surface area contributed by atoms with Gasteiger partial charge in [0.25, 0.3) is 0 Å². The van der Waals surface area contributed by atoms with E-state index >= 15 is 0 Å². The van der Waals surface area contributed by atoms with E-state index in [2.05, 4.69) is 11.2 Å². The van der Waals surface area contributed by atoms with Crippen LogP contribution in [0.25, 0.3) is 0 Å². The van der Waals surface area contributed by atoms with Gasteiger partial charge in [0.1, 0.15) is 5.82 Å². The summed E-state index contributed by atoms with van der Waals surface area (Å²) < 4.78 is 7.39. The predicted molar refractivity (Wildman–Crippen MR) is 64.5 cm³/mol. The maximum absolute atomic E-state index is 11.0. The molecule has 2 aliphatic heterocycles. The lowest BCUT2D eigenvalue weighted by molar-refractivity contribution is -0.142. The van der Waals surface area contributed by atoms with Gasteiger partial charge in [-0.3, -0.25) is 4.79 Å². The van der Waals surface area contributed by atoms with Gasteiger partial charge in [0, 0.05) is 38.3 Å². The van der Waals surface area contributed by atoms with Gasteiger partial charge in [-0.05, 0) is 19.3 Å². The molecule has 1 N–H and O–H groups in total. The molecule has 0 aliphatic carbocycles. The molecule has 3 rings (SSSR count). The van der Waals surface area contributed by atoms with Crippen molar-refractivity contribution in [1.29, 1.82) is 0 Å². The molecule has 0 amide bonds. The van der Waals surface area contributed by atoms with Crippen LogP contribution in [-0.2, 0) is 22.5 Å². The van der Waals surface area contributed by atoms with Crippen LogP contribution in [-0.4, -0.2) is 33.8 Å². The van der Waals surface area contributed by atoms with E-state index in [1.165, 1.54) is 0 Å². The monoisotopic (exact) mass is 250 g/mol. The Bertz CT molecular complexity index is 449. The van der Waals surface area contributed by atoms with E-state index in [1.807, 2.05) is 4.57 Å². The summed E-state index contributed by atoms with van der Waals surface area (Å²) in [5, 5.41) is 9.07. The lowest BCUT2D eigenvalue weighted by atomic mass is 9.97. The molecule has 1 saturated heterocycles. The molecule has 98 valence electrons. The number of aromatic nitrogens is 2. The van der Waals surface area contributed by atoms with Crippen molar-refractivity contribution in [2.45, 2.75) is 38.1 Å². The Hall–Kier alpha value is -1.36. The second-order valence-electron chi connectivity index (χ2n) is 5.19. The van der Waals surface area contributed by atoms with Gasteiger partial charge in [0.15, 0.2) is 0 Å². The van der Waals surface area contributed by atoms with E-state index in [4.69, 9.17) is 9.84 Å². The Kier molecular flexibility index (Phi) is 3.07. The van der Waals surface area contributed by atoms with Crippen LogP contribution in [0.4, 0.5) is 0 Å². The van der Waals surface area contributed by atoms with Gasteiger partial charge in [-0.2, -0.15) is 0 Å². The summed E-state index contributed by atoms with van der Waals surface area (Å²) in [6, 6.07) is 0. The lowest BCUT2D eigenvalue weighted by Gasteiger charge is -2.20. The number of imidazole rings is 1. The second kappa shape index (κ2) is 4.72. The van der Waals surface area contributed by atoms with Crippen LogP contribution in [0.2, 0.25) is 0 Å². The van der Waals surface area contributed by atoms with Crippen LogP contribution in [0, 0.1) is 5.92 Å². The minimum Gasteiger partial charge on any atom is -0.481 e. The normalized spacial score (nSPS) is 24.8. The van der Waals surface area contributed by atoms with Crippen molar-refractivity contribution in [2.24, 2.45) is 5.92 Å². The number of hydrogen-bond donors (Lipinski definition) is 1. The van der Waals surface area contributed by atoms with E-state index in [-0.39, 0.29) is 5.92 Å². The van der Waals surface area contributed by atoms with E-state index in [0.29, 0.717) is 18.9 Å². The van der Waals surface area contributed by atoms with Crippen LogP contribution in [0.3, 0.4) is 0 Å². The minimum absolute atomic E-state index is 0.255. The zero-order valence-corrected chi connectivity index (χ0v) is 10.3. The number of hydrogen-bond acceptors (Lipinski definition) is 3. The maximum atomic E-state index is 11.0. The number of aryl methyl sites for hydroxylation is 1. The van der Waals surface area contributed by atoms with Crippen LogP contribution in [0.1, 0.15) is 36.7 Å². The second-order valence-corrected chi connectivity index (χ2v) is 5.19. The maximum Gasteiger partial charge on any atom is 0.308 e. The highest BCUT2D eigenvalue weighted by molar-refractivity contribution is 5.70. The summed E-state index contributed by atoms with van der Waals surface area (Å²) in [6.07, 6.45) is 5.60. The van der Waals surface area contributed by atoms with Crippen molar-refractivity contribution in [1.82, 2.24) is 9.55 Å². The molecule has 0 aromatic carbocycles. The number of aliphatic carboxylic acids is 1. The molecule has 5 nitrogen and oxygen atoms in total. The van der Waals surface area contributed by atoms with Gasteiger partial charge in [0.05, 0.1) is 11.6 Å². The van der Waals surface area contributed by atoms with Crippen molar-refractivity contribution in [3.8, 4) is 0 Å². The standard InChI is InChI=1S/C13H18N2O3/c16-13(17)10-1-2-12-14-11(8-15(12)7-10)9-3-5-18-6-4-9/h8-10H,1-7H2,(H,16,17). The van der Waals surface area contributed by atoms with E-state index in [9.17, 15) is 4.79 Å². The first-order valence-electron chi connectivity index (χ1n) is 6.60. The molecule has 0 spiro atoms. The fourth-order valence-electron chi connectivity index (χ4n) is 2.86. The number of rotatable bonds is 2. The van der Waals surface area contributed by atoms with Crippen molar-refractivity contribution in [3.05, 3.63) is 17.7 Å². The molecular weight excluding hydrogens is 232 g/mol. The highest BCUT2D eigenvalue weighted by atomic mass is 16.5. The Balaban J connectivity index is 1.78. The van der Waals surface area contributed by atoms with Gasteiger partial charge in [-0.1, -0.05) is 0 Å². The third kappa shape index (κ3) is 2.14. The zero-order valence-electron chi connectivity index (χ0n) is 10.3. The minimum atomic E-state index is -0.693. The van der Waals surface area contributed by atoms with Crippen molar-refractivity contribution < 1.29 is 14.6 Å². The molecule has 1 fully saturated rings. The Morgan fingerprint density at radius 1 is 1.39 bits per heavy atom. The van der Waals surface area contributed by atoms with E-state index in [0.717, 1.165) is 44.0 Å². The molecule has 0 saturated carbocycles. The SMILES string of the molecule is O=C(O)C1CCc2nc(C3CCOCC3)cn2C1. The summed E-state index contributed by atoms with van der Waals surface area (Å²) in [6.45, 7) is 2.19. The molecule has 3 heterocycles. The first-order chi connectivity index (χ1) is 8.74. The highest BCUT2D eigenvalue weighted by Crippen LogP contribution is 2.28. The molecule has 0 bridgehead atoms. The van der Waals surface area contributed by atoms with Gasteiger partial charge in [-0.25, -0.2) is 4.98 Å². The third-order valence-electron chi connectivity index (χ3n) is 4.00. The lowest BCUT2D eigenvalue weighted by Crippen LogP contribution is -2.26. The topological polar surface area (TPSA) is 64.3 Å². The summed E-state index contributed by atoms with van der Waals surface area (Å²) in [5.74, 6) is 0.588. The number of carbonyl (C=O) groups is 1. The van der Waals surface area contributed by atoms with Crippen molar-refractivity contribution in [2.75, 3.05) is 13.2 Å². The highest BCUT2D eigenvalue weighted by Gasteiger charge is 2.27. The summed E-state index contributed by atoms with van der Waals surface area (Å²) in [4.78, 5) is 15.7. The van der Waals surface area contributed by atoms with E-state index < -0.39 is 5.97 Å². The molecule has 0 radical (unpaired) electrons. The third-order valence-corrected chi connectivity index (χ3v) is 4.00. The van der Waals surface area contributed by atoms with Crippen LogP contribution in [0.15, 0.2) is 6.20 Å². The van der Waals surface area contributed by atoms with Crippen molar-refractivity contribution >= 4 is 5.97 Å². The molecular formula is C13H18N2O3. The number of nitrogens with zero attached hydrogens (tertiary/aromatic N) is 2. The molecule has 1 unspecified atom stereocenters. The first kappa shape index (κ1) is 11.7. The predicted octanol–water partition coefficient (Wildman–Crippen LogP) is 1.42. The Morgan fingerprint density at radius 3 is 2.89 bits per heavy atom. The molecule has 1 aromatic rings. The zero-order chi connectivity index (χ0) is 12.5. The average molecular weight is 250 g/mol. The average Bonchev–Trinajstić information content (AvgIpc) is 2.82. The number of fused-ring (bicyclic) bond motifs is 1. The van der Waals surface area contributed by atoms with Gasteiger partial charge in [-0.15, -0.1) is 0 Å². The molecule has 18 heavy (non-hydrogen) atoms. The fraction of sp³-hybridized carbons (Fsp3) is 0.692. The quantitative estimate of drug-likeness (QED) is 0.862. The summed E-state index contributed by atoms with van der Waals surface area (Å²) in [5.41, 5.74) is 1.12. The number of carboxylic acids is 1. The van der Waals surface area contributed by atoms with Crippen LogP contribution >= 0.6 is 0 Å². The summed E-state index contributed by atoms with van der Waals surface area (Å²) in [7, 11) is 0. The van der Waals surface area contributed by atoms with Gasteiger partial charge >= 0.3 is 5.97 Å². The fourth-order valence-corrected chi connectivity index (χ4v) is 2.86. The smallest absolute Gasteiger partial charge is 0.308 e. The van der Waals surface area contributed by atoms with Gasteiger partial charge in [0.2, 0.25) is 0 Å². The molecule has 1 atom stereocenters. The largest absolute Gasteiger partial charge is 0.481 e. The molecule has 2 aliphatic rings. The number of carboxylic acid groups (broad SMARTS) is 1. The first-order valence-corrected chi connectivity index (χ1v) is 6.60. The van der Waals surface area contributed by atoms with Crippen molar-refractivity contribution in [3.63, 3.8) is 0 Å². The van der Waals surface area contributed by atoms with Gasteiger partial charge < -0.3 is 14.4 Å².